The smallest absolute Gasteiger partial charge is 0.407 e. The molecule has 150 valence electrons. The maximum absolute atomic E-state index is 13.2. The predicted molar refractivity (Wildman–Crippen MR) is 101 cm³/mol. The molecule has 28 heavy (non-hydrogen) atoms. The molecule has 2 unspecified atom stereocenters. The molecule has 1 aromatic carbocycles. The van der Waals surface area contributed by atoms with Crippen molar-refractivity contribution in [3.63, 3.8) is 0 Å². The Balaban J connectivity index is 2.40. The number of nitrogens with zero attached hydrogens (tertiary/aromatic N) is 4. The lowest BCUT2D eigenvalue weighted by Gasteiger charge is -2.21. The number of halogens is 3. The van der Waals surface area contributed by atoms with Gasteiger partial charge in [-0.2, -0.15) is 23.4 Å². The van der Waals surface area contributed by atoms with Gasteiger partial charge in [0.15, 0.2) is 11.7 Å². The first-order valence-electron chi connectivity index (χ1n) is 8.54. The number of ether oxygens (including phenoxy) is 1. The van der Waals surface area contributed by atoms with E-state index in [1.807, 2.05) is 6.92 Å². The number of hydrogen-bond donors (Lipinski definition) is 0. The highest BCUT2D eigenvalue weighted by Crippen LogP contribution is 2.40. The summed E-state index contributed by atoms with van der Waals surface area (Å²) in [7, 11) is 0. The van der Waals surface area contributed by atoms with Crippen molar-refractivity contribution in [1.29, 1.82) is 0 Å². The quantitative estimate of drug-likeness (QED) is 0.274. The van der Waals surface area contributed by atoms with Gasteiger partial charge in [0.2, 0.25) is 0 Å². The van der Waals surface area contributed by atoms with Crippen LogP contribution in [0.1, 0.15) is 32.8 Å². The average molecular weight is 412 g/mol. The first-order valence-corrected chi connectivity index (χ1v) is 9.52. The van der Waals surface area contributed by atoms with Crippen LogP contribution in [-0.4, -0.2) is 35.0 Å². The Labute approximate surface area is 165 Å². The third-order valence-corrected chi connectivity index (χ3v) is 5.04. The molecular weight excluding hydrogens is 393 g/mol. The Kier molecular flexibility index (Phi) is 6.82. The van der Waals surface area contributed by atoms with Gasteiger partial charge in [-0.25, -0.2) is 14.6 Å². The third-order valence-electron chi connectivity index (χ3n) is 3.95. The van der Waals surface area contributed by atoms with Gasteiger partial charge in [-0.3, -0.25) is 0 Å². The van der Waals surface area contributed by atoms with Crippen LogP contribution in [0, 0.1) is 6.57 Å². The number of aliphatic imine (C=N–C) groups is 1. The summed E-state index contributed by atoms with van der Waals surface area (Å²) in [5.74, 6) is 0.122. The molecule has 0 bridgehead atoms. The lowest BCUT2D eigenvalue weighted by molar-refractivity contribution is -0.144. The summed E-state index contributed by atoms with van der Waals surface area (Å²) in [6.07, 6.45) is -4.43. The molecule has 0 N–H and O–H groups in total. The Bertz CT molecular complexity index is 848. The number of rotatable bonds is 5. The van der Waals surface area contributed by atoms with E-state index in [1.54, 1.807) is 13.8 Å². The molecule has 0 radical (unpaired) electrons. The number of carbonyl (C=O) groups is 1. The molecule has 2 atom stereocenters. The number of azo groups is 1. The normalized spacial score (nSPS) is 22.2. The maximum atomic E-state index is 13.2. The first-order chi connectivity index (χ1) is 13.1. The molecule has 0 fully saturated rings. The summed E-state index contributed by atoms with van der Waals surface area (Å²) >= 11 is 1.32. The molecular formula is C18H19F3N4O2S. The second kappa shape index (κ2) is 8.73. The number of alkyl halides is 3. The number of hydrogen-bond acceptors (Lipinski definition) is 6. The van der Waals surface area contributed by atoms with Crippen molar-refractivity contribution >= 4 is 34.1 Å². The number of thioether (sulfide) groups is 1. The van der Waals surface area contributed by atoms with Crippen molar-refractivity contribution in [1.82, 2.24) is 0 Å². The average Bonchev–Trinajstić information content (AvgIpc) is 3.04. The molecule has 0 spiro atoms. The van der Waals surface area contributed by atoms with E-state index in [2.05, 4.69) is 20.1 Å². The van der Waals surface area contributed by atoms with E-state index in [1.165, 1.54) is 17.8 Å². The van der Waals surface area contributed by atoms with Crippen LogP contribution >= 0.6 is 11.8 Å². The minimum atomic E-state index is -4.66. The number of esters is 1. The topological polar surface area (TPSA) is 67.7 Å². The molecule has 10 heteroatoms. The molecule has 0 saturated carbocycles. The largest absolute Gasteiger partial charge is 0.464 e. The van der Waals surface area contributed by atoms with Crippen molar-refractivity contribution in [3.8, 4) is 0 Å². The Morgan fingerprint density at radius 2 is 2.18 bits per heavy atom. The minimum Gasteiger partial charge on any atom is -0.464 e. The van der Waals surface area contributed by atoms with Crippen molar-refractivity contribution in [2.45, 2.75) is 44.9 Å². The number of benzene rings is 1. The van der Waals surface area contributed by atoms with E-state index in [4.69, 9.17) is 11.3 Å². The molecule has 0 amide bonds. The summed E-state index contributed by atoms with van der Waals surface area (Å²) in [4.78, 5) is 19.2. The van der Waals surface area contributed by atoms with E-state index in [9.17, 15) is 18.0 Å². The SMILES string of the molecule is [C-]#[N+]c1ccc(N=C(SCC)C2(C)CC(C(=O)OCC)N=N2)cc1C(F)(F)F. The van der Waals surface area contributed by atoms with Crippen LogP contribution in [0.3, 0.4) is 0 Å². The first kappa shape index (κ1) is 21.9. The van der Waals surface area contributed by atoms with Crippen molar-refractivity contribution < 1.29 is 22.7 Å². The van der Waals surface area contributed by atoms with Crippen LogP contribution in [0.2, 0.25) is 0 Å². The molecule has 0 aliphatic carbocycles. The molecule has 2 rings (SSSR count). The lowest BCUT2D eigenvalue weighted by atomic mass is 9.97. The van der Waals surface area contributed by atoms with Gasteiger partial charge in [0, 0.05) is 6.42 Å². The van der Waals surface area contributed by atoms with Crippen molar-refractivity contribution in [2.24, 2.45) is 15.2 Å². The molecule has 1 heterocycles. The van der Waals surface area contributed by atoms with Gasteiger partial charge in [-0.1, -0.05) is 13.0 Å². The van der Waals surface area contributed by atoms with E-state index >= 15 is 0 Å². The fourth-order valence-corrected chi connectivity index (χ4v) is 3.51. The van der Waals surface area contributed by atoms with Gasteiger partial charge in [-0.15, -0.1) is 11.8 Å². The van der Waals surface area contributed by atoms with E-state index in [0.29, 0.717) is 10.8 Å². The van der Waals surface area contributed by atoms with Gasteiger partial charge in [-0.05, 0) is 31.7 Å². The van der Waals surface area contributed by atoms with Crippen LogP contribution in [0.4, 0.5) is 24.5 Å². The molecule has 1 aliphatic heterocycles. The van der Waals surface area contributed by atoms with Crippen molar-refractivity contribution in [3.05, 3.63) is 35.2 Å². The fraction of sp³-hybridized carbons (Fsp3) is 0.500. The summed E-state index contributed by atoms with van der Waals surface area (Å²) in [5, 5.41) is 8.60. The van der Waals surface area contributed by atoms with Crippen LogP contribution in [0.5, 0.6) is 0 Å². The van der Waals surface area contributed by atoms with Gasteiger partial charge in [0.25, 0.3) is 0 Å². The second-order valence-electron chi connectivity index (χ2n) is 6.12. The standard InChI is InChI=1S/C18H19F3N4O2S/c1-5-27-15(26)14-10-17(3,25-24-14)16(28-6-2)23-11-7-8-13(22-4)12(9-11)18(19,20)21/h7-9,14H,5-6,10H2,1-3H3. The summed E-state index contributed by atoms with van der Waals surface area (Å²) in [6, 6.07) is 2.55. The fourth-order valence-electron chi connectivity index (χ4n) is 2.63. The van der Waals surface area contributed by atoms with Crippen LogP contribution in [0.25, 0.3) is 4.85 Å². The van der Waals surface area contributed by atoms with E-state index in [0.717, 1.165) is 12.1 Å². The Morgan fingerprint density at radius 1 is 1.46 bits per heavy atom. The van der Waals surface area contributed by atoms with Crippen LogP contribution in [-0.2, 0) is 15.7 Å². The molecule has 6 nitrogen and oxygen atoms in total. The minimum absolute atomic E-state index is 0.0617. The number of carbonyl (C=O) groups excluding carboxylic acids is 1. The van der Waals surface area contributed by atoms with Gasteiger partial charge < -0.3 is 4.74 Å². The second-order valence-corrected chi connectivity index (χ2v) is 7.38. The van der Waals surface area contributed by atoms with Crippen LogP contribution in [0.15, 0.2) is 33.4 Å². The van der Waals surface area contributed by atoms with Gasteiger partial charge in [0.05, 0.1) is 24.4 Å². The molecule has 0 aromatic heterocycles. The third kappa shape index (κ3) is 4.90. The zero-order valence-electron chi connectivity index (χ0n) is 15.6. The molecule has 1 aromatic rings. The summed E-state index contributed by atoms with van der Waals surface area (Å²) < 4.78 is 44.6. The summed E-state index contributed by atoms with van der Waals surface area (Å²) in [5.41, 5.74) is -2.39. The summed E-state index contributed by atoms with van der Waals surface area (Å²) in [6.45, 7) is 12.4. The highest BCUT2D eigenvalue weighted by molar-refractivity contribution is 8.14. The maximum Gasteiger partial charge on any atom is 0.407 e. The zero-order chi connectivity index (χ0) is 20.9. The van der Waals surface area contributed by atoms with Crippen molar-refractivity contribution in [2.75, 3.05) is 12.4 Å². The molecule has 1 aliphatic rings. The van der Waals surface area contributed by atoms with Gasteiger partial charge >= 0.3 is 12.1 Å². The van der Waals surface area contributed by atoms with Gasteiger partial charge in [0.1, 0.15) is 10.6 Å². The highest BCUT2D eigenvalue weighted by Gasteiger charge is 2.42. The zero-order valence-corrected chi connectivity index (χ0v) is 16.4. The van der Waals surface area contributed by atoms with E-state index in [-0.39, 0.29) is 18.7 Å². The van der Waals surface area contributed by atoms with Crippen LogP contribution < -0.4 is 0 Å². The highest BCUT2D eigenvalue weighted by atomic mass is 32.2. The predicted octanol–water partition coefficient (Wildman–Crippen LogP) is 5.59. The Hall–Kier alpha value is -2.41. The molecule has 0 saturated heterocycles. The lowest BCUT2D eigenvalue weighted by Crippen LogP contribution is -2.33. The Morgan fingerprint density at radius 3 is 2.75 bits per heavy atom. The monoisotopic (exact) mass is 412 g/mol. The van der Waals surface area contributed by atoms with E-state index < -0.39 is 35.0 Å².